The zero-order valence-electron chi connectivity index (χ0n) is 9.80. The molecule has 0 radical (unpaired) electrons. The molecule has 1 aromatic heterocycles. The van der Waals surface area contributed by atoms with Crippen molar-refractivity contribution in [2.75, 3.05) is 17.8 Å². The van der Waals surface area contributed by atoms with E-state index in [-0.39, 0.29) is 12.8 Å². The summed E-state index contributed by atoms with van der Waals surface area (Å²) in [4.78, 5) is 0. The van der Waals surface area contributed by atoms with Gasteiger partial charge in [0.25, 0.3) is 0 Å². The molecular formula is C12H15N5O. The number of aliphatic hydroxyl groups is 1. The molecule has 1 aliphatic heterocycles. The maximum absolute atomic E-state index is 8.92. The lowest BCUT2D eigenvalue weighted by Gasteiger charge is -2.12. The molecule has 5 N–H and O–H groups in total. The third-order valence-corrected chi connectivity index (χ3v) is 2.99. The van der Waals surface area contributed by atoms with Gasteiger partial charge in [0.05, 0.1) is 5.69 Å². The van der Waals surface area contributed by atoms with Crippen LogP contribution in [-0.4, -0.2) is 21.5 Å². The monoisotopic (exact) mass is 245 g/mol. The predicted octanol–water partition coefficient (Wildman–Crippen LogP) is 0.477. The van der Waals surface area contributed by atoms with Crippen LogP contribution in [0.15, 0.2) is 30.3 Å². The first-order valence-electron chi connectivity index (χ1n) is 5.84. The number of hydrogen-bond donors (Lipinski definition) is 4. The fourth-order valence-corrected chi connectivity index (χ4v) is 2.08. The average Bonchev–Trinajstić information content (AvgIpc) is 2.90. The molecule has 2 heterocycles. The van der Waals surface area contributed by atoms with Crippen LogP contribution in [0, 0.1) is 0 Å². The third-order valence-electron chi connectivity index (χ3n) is 2.99. The summed E-state index contributed by atoms with van der Waals surface area (Å²) in [5.74, 6) is 0.903. The molecule has 18 heavy (non-hydrogen) atoms. The van der Waals surface area contributed by atoms with Crippen LogP contribution in [-0.2, 0) is 6.42 Å². The molecule has 0 spiro atoms. The standard InChI is InChI=1S/C12H15N5O/c13-9-3-1-8(2-4-9)12-15-14-11-7-10(5-6-18)16-17(11)12/h1-4,7,12,14-15,18H,5-6,13H2. The van der Waals surface area contributed by atoms with Gasteiger partial charge in [-0.05, 0) is 17.7 Å². The summed E-state index contributed by atoms with van der Waals surface area (Å²) in [5.41, 5.74) is 14.6. The van der Waals surface area contributed by atoms with Crippen molar-refractivity contribution < 1.29 is 5.11 Å². The molecule has 0 saturated heterocycles. The molecule has 0 fully saturated rings. The van der Waals surface area contributed by atoms with Crippen molar-refractivity contribution in [3.8, 4) is 0 Å². The maximum Gasteiger partial charge on any atom is 0.146 e. The smallest absolute Gasteiger partial charge is 0.146 e. The first kappa shape index (κ1) is 11.1. The highest BCUT2D eigenvalue weighted by molar-refractivity contribution is 5.45. The van der Waals surface area contributed by atoms with Crippen LogP contribution in [0.1, 0.15) is 17.4 Å². The summed E-state index contributed by atoms with van der Waals surface area (Å²) >= 11 is 0. The van der Waals surface area contributed by atoms with Crippen LogP contribution in [0.3, 0.4) is 0 Å². The number of anilines is 2. The molecule has 0 saturated carbocycles. The Bertz CT molecular complexity index is 548. The highest BCUT2D eigenvalue weighted by Crippen LogP contribution is 2.26. The number of aromatic nitrogens is 2. The van der Waals surface area contributed by atoms with Crippen LogP contribution < -0.4 is 16.6 Å². The Labute approximate surface area is 104 Å². The number of aliphatic hydroxyl groups excluding tert-OH is 1. The summed E-state index contributed by atoms with van der Waals surface area (Å²) < 4.78 is 1.87. The number of fused-ring (bicyclic) bond motifs is 1. The minimum Gasteiger partial charge on any atom is -0.399 e. The summed E-state index contributed by atoms with van der Waals surface area (Å²) in [5, 5.41) is 13.4. The normalized spacial score (nSPS) is 17.5. The van der Waals surface area contributed by atoms with E-state index in [1.807, 2.05) is 35.0 Å². The van der Waals surface area contributed by atoms with Crippen LogP contribution in [0.25, 0.3) is 0 Å². The highest BCUT2D eigenvalue weighted by atomic mass is 16.3. The third kappa shape index (κ3) is 1.81. The van der Waals surface area contributed by atoms with Crippen molar-refractivity contribution in [3.63, 3.8) is 0 Å². The Morgan fingerprint density at radius 2 is 2.11 bits per heavy atom. The lowest BCUT2D eigenvalue weighted by molar-refractivity contribution is 0.297. The van der Waals surface area contributed by atoms with E-state index < -0.39 is 0 Å². The summed E-state index contributed by atoms with van der Waals surface area (Å²) in [7, 11) is 0. The predicted molar refractivity (Wildman–Crippen MR) is 68.8 cm³/mol. The molecule has 6 heteroatoms. The SMILES string of the molecule is Nc1ccc(C2NNc3cc(CCO)nn32)cc1. The summed E-state index contributed by atoms with van der Waals surface area (Å²) in [6, 6.07) is 9.61. The van der Waals surface area contributed by atoms with E-state index in [0.717, 1.165) is 22.8 Å². The van der Waals surface area contributed by atoms with Crippen molar-refractivity contribution in [1.29, 1.82) is 0 Å². The van der Waals surface area contributed by atoms with Gasteiger partial charge in [0, 0.05) is 24.8 Å². The fourth-order valence-electron chi connectivity index (χ4n) is 2.08. The molecular weight excluding hydrogens is 230 g/mol. The minimum atomic E-state index is -0.0481. The zero-order chi connectivity index (χ0) is 12.5. The van der Waals surface area contributed by atoms with E-state index in [9.17, 15) is 0 Å². The fraction of sp³-hybridized carbons (Fsp3) is 0.250. The van der Waals surface area contributed by atoms with Gasteiger partial charge in [-0.3, -0.25) is 0 Å². The van der Waals surface area contributed by atoms with Gasteiger partial charge in [0.1, 0.15) is 12.0 Å². The van der Waals surface area contributed by atoms with Gasteiger partial charge < -0.3 is 16.3 Å². The van der Waals surface area contributed by atoms with Crippen LogP contribution >= 0.6 is 0 Å². The molecule has 1 aromatic carbocycles. The lowest BCUT2D eigenvalue weighted by atomic mass is 10.1. The maximum atomic E-state index is 8.92. The molecule has 6 nitrogen and oxygen atoms in total. The second-order valence-corrected chi connectivity index (χ2v) is 4.28. The van der Waals surface area contributed by atoms with Crippen molar-refractivity contribution in [3.05, 3.63) is 41.6 Å². The van der Waals surface area contributed by atoms with Crippen LogP contribution in [0.4, 0.5) is 11.5 Å². The van der Waals surface area contributed by atoms with E-state index in [2.05, 4.69) is 16.0 Å². The summed E-state index contributed by atoms with van der Waals surface area (Å²) in [6.45, 7) is 0.108. The Morgan fingerprint density at radius 3 is 2.83 bits per heavy atom. The van der Waals surface area contributed by atoms with Crippen molar-refractivity contribution in [1.82, 2.24) is 15.2 Å². The number of benzene rings is 1. The molecule has 0 bridgehead atoms. The summed E-state index contributed by atoms with van der Waals surface area (Å²) in [6.07, 6.45) is 0.518. The Kier molecular flexibility index (Phi) is 2.66. The van der Waals surface area contributed by atoms with Gasteiger partial charge in [-0.2, -0.15) is 5.10 Å². The van der Waals surface area contributed by atoms with Gasteiger partial charge in [-0.1, -0.05) is 12.1 Å². The number of nitrogens with zero attached hydrogens (tertiary/aromatic N) is 2. The molecule has 0 aliphatic carbocycles. The topological polar surface area (TPSA) is 88.1 Å². The van der Waals surface area contributed by atoms with Gasteiger partial charge in [0.2, 0.25) is 0 Å². The Balaban J connectivity index is 1.91. The number of rotatable bonds is 3. The highest BCUT2D eigenvalue weighted by Gasteiger charge is 2.24. The van der Waals surface area contributed by atoms with Crippen molar-refractivity contribution in [2.24, 2.45) is 0 Å². The molecule has 3 rings (SSSR count). The van der Waals surface area contributed by atoms with E-state index in [0.29, 0.717) is 6.42 Å². The van der Waals surface area contributed by atoms with E-state index >= 15 is 0 Å². The zero-order valence-corrected chi connectivity index (χ0v) is 9.80. The lowest BCUT2D eigenvalue weighted by Crippen LogP contribution is -2.23. The van der Waals surface area contributed by atoms with Gasteiger partial charge in [-0.25, -0.2) is 10.1 Å². The van der Waals surface area contributed by atoms with Gasteiger partial charge >= 0.3 is 0 Å². The second kappa shape index (κ2) is 4.32. The first-order valence-corrected chi connectivity index (χ1v) is 5.84. The number of nitrogens with one attached hydrogen (secondary N) is 2. The van der Waals surface area contributed by atoms with Crippen molar-refractivity contribution >= 4 is 11.5 Å². The van der Waals surface area contributed by atoms with E-state index in [1.165, 1.54) is 0 Å². The van der Waals surface area contributed by atoms with Gasteiger partial charge in [-0.15, -0.1) is 0 Å². The Morgan fingerprint density at radius 1 is 1.33 bits per heavy atom. The van der Waals surface area contributed by atoms with Gasteiger partial charge in [0.15, 0.2) is 0 Å². The first-order chi connectivity index (χ1) is 8.78. The number of hydrazine groups is 1. The molecule has 94 valence electrons. The molecule has 1 aliphatic rings. The number of nitrogen functional groups attached to an aromatic ring is 1. The number of hydrogen-bond acceptors (Lipinski definition) is 5. The number of nitrogens with two attached hydrogens (primary N) is 1. The molecule has 1 unspecified atom stereocenters. The largest absolute Gasteiger partial charge is 0.399 e. The molecule has 1 atom stereocenters. The van der Waals surface area contributed by atoms with Crippen LogP contribution in [0.5, 0.6) is 0 Å². The van der Waals surface area contributed by atoms with Crippen molar-refractivity contribution in [2.45, 2.75) is 12.6 Å². The van der Waals surface area contributed by atoms with E-state index in [4.69, 9.17) is 10.8 Å². The average molecular weight is 245 g/mol. The Hall–Kier alpha value is -2.05. The second-order valence-electron chi connectivity index (χ2n) is 4.28. The minimum absolute atomic E-state index is 0.0481. The van der Waals surface area contributed by atoms with E-state index in [1.54, 1.807) is 0 Å². The molecule has 0 amide bonds. The van der Waals surface area contributed by atoms with Crippen LogP contribution in [0.2, 0.25) is 0 Å². The molecule has 2 aromatic rings. The quantitative estimate of drug-likeness (QED) is 0.591.